The Labute approximate surface area is 132 Å². The standard InChI is InChI=1S/C14H17N5O2S/c1-3-4-7-11-15-12(21-18-11)9-22-14-17-16-13(19(14)2)10-6-5-8-20-10/h5-6,8H,3-4,7,9H2,1-2H3. The van der Waals surface area contributed by atoms with Crippen molar-refractivity contribution in [2.45, 2.75) is 37.1 Å². The first-order valence-electron chi connectivity index (χ1n) is 7.15. The lowest BCUT2D eigenvalue weighted by atomic mass is 10.2. The van der Waals surface area contributed by atoms with Crippen LogP contribution >= 0.6 is 11.8 Å². The van der Waals surface area contributed by atoms with Crippen molar-refractivity contribution in [2.24, 2.45) is 7.05 Å². The molecule has 7 nitrogen and oxygen atoms in total. The van der Waals surface area contributed by atoms with Crippen LogP contribution in [0.2, 0.25) is 0 Å². The van der Waals surface area contributed by atoms with Crippen LogP contribution in [-0.2, 0) is 19.2 Å². The Kier molecular flexibility index (Phi) is 4.57. The van der Waals surface area contributed by atoms with Gasteiger partial charge in [0.2, 0.25) is 5.89 Å². The Hall–Kier alpha value is -2.09. The lowest BCUT2D eigenvalue weighted by Gasteiger charge is -1.99. The van der Waals surface area contributed by atoms with E-state index in [4.69, 9.17) is 8.94 Å². The fourth-order valence-corrected chi connectivity index (χ4v) is 2.72. The van der Waals surface area contributed by atoms with Crippen LogP contribution in [0.15, 0.2) is 32.5 Å². The molecule has 116 valence electrons. The summed E-state index contributed by atoms with van der Waals surface area (Å²) in [6, 6.07) is 3.68. The average Bonchev–Trinajstić information content (AvgIpc) is 3.24. The number of thioether (sulfide) groups is 1. The summed E-state index contributed by atoms with van der Waals surface area (Å²) < 4.78 is 12.5. The Morgan fingerprint density at radius 1 is 1.32 bits per heavy atom. The van der Waals surface area contributed by atoms with Crippen molar-refractivity contribution in [1.82, 2.24) is 24.9 Å². The van der Waals surface area contributed by atoms with Crippen LogP contribution in [0.1, 0.15) is 31.5 Å². The minimum atomic E-state index is 0.573. The molecule has 3 aromatic rings. The zero-order valence-electron chi connectivity index (χ0n) is 12.5. The van der Waals surface area contributed by atoms with Crippen LogP contribution in [0.4, 0.5) is 0 Å². The molecule has 0 unspecified atom stereocenters. The summed E-state index contributed by atoms with van der Waals surface area (Å²) in [5.74, 6) is 3.34. The van der Waals surface area contributed by atoms with Gasteiger partial charge in [-0.15, -0.1) is 10.2 Å². The quantitative estimate of drug-likeness (QED) is 0.619. The third-order valence-corrected chi connectivity index (χ3v) is 4.17. The van der Waals surface area contributed by atoms with Crippen LogP contribution in [0.3, 0.4) is 0 Å². The Morgan fingerprint density at radius 2 is 2.23 bits per heavy atom. The summed E-state index contributed by atoms with van der Waals surface area (Å²) in [6.45, 7) is 2.14. The van der Waals surface area contributed by atoms with E-state index in [0.29, 0.717) is 23.2 Å². The van der Waals surface area contributed by atoms with E-state index in [1.54, 1.807) is 6.26 Å². The fourth-order valence-electron chi connectivity index (χ4n) is 1.97. The third kappa shape index (κ3) is 3.22. The van der Waals surface area contributed by atoms with Gasteiger partial charge in [-0.3, -0.25) is 0 Å². The number of hydrogen-bond donors (Lipinski definition) is 0. The SMILES string of the molecule is CCCCc1noc(CSc2nnc(-c3ccco3)n2C)n1. The average molecular weight is 319 g/mol. The second-order valence-electron chi connectivity index (χ2n) is 4.84. The molecule has 0 bridgehead atoms. The van der Waals surface area contributed by atoms with Gasteiger partial charge in [0.05, 0.1) is 12.0 Å². The Morgan fingerprint density at radius 3 is 3.00 bits per heavy atom. The van der Waals surface area contributed by atoms with Crippen molar-refractivity contribution in [1.29, 1.82) is 0 Å². The number of rotatable bonds is 7. The lowest BCUT2D eigenvalue weighted by molar-refractivity contribution is 0.384. The summed E-state index contributed by atoms with van der Waals surface area (Å²) in [6.07, 6.45) is 4.67. The van der Waals surface area contributed by atoms with Crippen LogP contribution in [-0.4, -0.2) is 24.9 Å². The van der Waals surface area contributed by atoms with Crippen molar-refractivity contribution in [3.63, 3.8) is 0 Å². The van der Waals surface area contributed by atoms with E-state index in [1.165, 1.54) is 11.8 Å². The molecule has 0 aliphatic heterocycles. The van der Waals surface area contributed by atoms with Crippen LogP contribution < -0.4 is 0 Å². The zero-order chi connectivity index (χ0) is 15.4. The van der Waals surface area contributed by atoms with E-state index >= 15 is 0 Å². The maximum atomic E-state index is 5.34. The van der Waals surface area contributed by atoms with E-state index in [9.17, 15) is 0 Å². The summed E-state index contributed by atoms with van der Waals surface area (Å²) >= 11 is 1.51. The molecule has 0 aliphatic carbocycles. The Balaban J connectivity index is 1.63. The summed E-state index contributed by atoms with van der Waals surface area (Å²) in [4.78, 5) is 4.37. The molecular weight excluding hydrogens is 302 g/mol. The van der Waals surface area contributed by atoms with Crippen molar-refractivity contribution in [3.8, 4) is 11.6 Å². The topological polar surface area (TPSA) is 82.8 Å². The highest BCUT2D eigenvalue weighted by Gasteiger charge is 2.14. The third-order valence-electron chi connectivity index (χ3n) is 3.17. The Bertz CT molecular complexity index is 720. The predicted molar refractivity (Wildman–Crippen MR) is 81.2 cm³/mol. The molecule has 0 N–H and O–H groups in total. The van der Waals surface area contributed by atoms with E-state index < -0.39 is 0 Å². The number of aryl methyl sites for hydroxylation is 1. The molecule has 3 aromatic heterocycles. The highest BCUT2D eigenvalue weighted by molar-refractivity contribution is 7.98. The second kappa shape index (κ2) is 6.78. The first-order valence-corrected chi connectivity index (χ1v) is 8.14. The van der Waals surface area contributed by atoms with E-state index in [0.717, 1.165) is 30.2 Å². The minimum absolute atomic E-state index is 0.573. The largest absolute Gasteiger partial charge is 0.461 e. The molecule has 22 heavy (non-hydrogen) atoms. The van der Waals surface area contributed by atoms with Gasteiger partial charge in [0.25, 0.3) is 0 Å². The second-order valence-corrected chi connectivity index (χ2v) is 5.78. The minimum Gasteiger partial charge on any atom is -0.461 e. The molecule has 0 aromatic carbocycles. The molecule has 0 aliphatic rings. The molecule has 0 amide bonds. The van der Waals surface area contributed by atoms with Crippen molar-refractivity contribution >= 4 is 11.8 Å². The summed E-state index contributed by atoms with van der Waals surface area (Å²) in [7, 11) is 1.90. The molecule has 3 heterocycles. The number of hydrogen-bond acceptors (Lipinski definition) is 7. The summed E-state index contributed by atoms with van der Waals surface area (Å²) in [5.41, 5.74) is 0. The van der Waals surface area contributed by atoms with Gasteiger partial charge in [0.15, 0.2) is 22.6 Å². The van der Waals surface area contributed by atoms with Gasteiger partial charge >= 0.3 is 0 Å². The maximum absolute atomic E-state index is 5.34. The van der Waals surface area contributed by atoms with E-state index in [2.05, 4.69) is 27.3 Å². The van der Waals surface area contributed by atoms with Crippen LogP contribution in [0, 0.1) is 0 Å². The normalized spacial score (nSPS) is 11.2. The molecule has 0 saturated carbocycles. The van der Waals surface area contributed by atoms with Crippen LogP contribution in [0.25, 0.3) is 11.6 Å². The van der Waals surface area contributed by atoms with Gasteiger partial charge in [0.1, 0.15) is 0 Å². The molecule has 0 saturated heterocycles. The van der Waals surface area contributed by atoms with Crippen molar-refractivity contribution < 1.29 is 8.94 Å². The molecular formula is C14H17N5O2S. The monoisotopic (exact) mass is 319 g/mol. The fraction of sp³-hybridized carbons (Fsp3) is 0.429. The molecule has 0 spiro atoms. The maximum Gasteiger partial charge on any atom is 0.237 e. The van der Waals surface area contributed by atoms with Gasteiger partial charge in [-0.05, 0) is 18.6 Å². The highest BCUT2D eigenvalue weighted by atomic mass is 32.2. The number of unbranched alkanes of at least 4 members (excludes halogenated alkanes) is 1. The van der Waals surface area contributed by atoms with E-state index in [-0.39, 0.29) is 0 Å². The number of nitrogens with zero attached hydrogens (tertiary/aromatic N) is 5. The molecule has 3 rings (SSSR count). The first kappa shape index (κ1) is 14.8. The number of furan rings is 1. The summed E-state index contributed by atoms with van der Waals surface area (Å²) in [5, 5.41) is 13.1. The molecule has 8 heteroatoms. The molecule has 0 radical (unpaired) electrons. The molecule has 0 atom stereocenters. The zero-order valence-corrected chi connectivity index (χ0v) is 13.3. The highest BCUT2D eigenvalue weighted by Crippen LogP contribution is 2.24. The smallest absolute Gasteiger partial charge is 0.237 e. The van der Waals surface area contributed by atoms with Gasteiger partial charge in [-0.25, -0.2) is 0 Å². The molecule has 0 fully saturated rings. The number of aromatic nitrogens is 5. The van der Waals surface area contributed by atoms with Gasteiger partial charge < -0.3 is 13.5 Å². The van der Waals surface area contributed by atoms with Crippen molar-refractivity contribution in [2.75, 3.05) is 0 Å². The van der Waals surface area contributed by atoms with Gasteiger partial charge in [0, 0.05) is 13.5 Å². The van der Waals surface area contributed by atoms with Crippen LogP contribution in [0.5, 0.6) is 0 Å². The van der Waals surface area contributed by atoms with E-state index in [1.807, 2.05) is 23.7 Å². The first-order chi connectivity index (χ1) is 10.8. The predicted octanol–water partition coefficient (Wildman–Crippen LogP) is 3.09. The lowest BCUT2D eigenvalue weighted by Crippen LogP contribution is -1.94. The van der Waals surface area contributed by atoms with Gasteiger partial charge in [-0.1, -0.05) is 30.3 Å². The van der Waals surface area contributed by atoms with Gasteiger partial charge in [-0.2, -0.15) is 4.98 Å². The van der Waals surface area contributed by atoms with Crippen molar-refractivity contribution in [3.05, 3.63) is 30.1 Å².